The minimum Gasteiger partial charge on any atom is -0.478 e. The number of carboxylic acid groups (broad SMARTS) is 1. The monoisotopic (exact) mass is 390 g/mol. The van der Waals surface area contributed by atoms with E-state index in [-0.39, 0.29) is 29.0 Å². The number of hydrogen-bond acceptors (Lipinski definition) is 4. The van der Waals surface area contributed by atoms with Gasteiger partial charge in [0.15, 0.2) is 0 Å². The lowest BCUT2D eigenvalue weighted by Crippen LogP contribution is -2.33. The van der Waals surface area contributed by atoms with Gasteiger partial charge in [0.05, 0.1) is 10.5 Å². The van der Waals surface area contributed by atoms with E-state index in [0.29, 0.717) is 5.56 Å². The van der Waals surface area contributed by atoms with Crippen molar-refractivity contribution in [3.8, 4) is 0 Å². The minimum absolute atomic E-state index is 0.125. The molecule has 0 aromatic heterocycles. The second-order valence-electron chi connectivity index (χ2n) is 6.32. The molecule has 0 bridgehead atoms. The standard InChI is InChI=1S/C19H22N2O5S/c1-13(2)21(3)27(25,26)17-10-8-15(9-11-17)18(22)20-12-14-4-6-16(7-5-14)19(23)24/h4-11,13H,12H2,1-3H3,(H,20,22)(H,23,24). The topological polar surface area (TPSA) is 104 Å². The molecule has 0 fully saturated rings. The zero-order valence-corrected chi connectivity index (χ0v) is 16.2. The zero-order valence-electron chi connectivity index (χ0n) is 15.3. The molecule has 0 radical (unpaired) electrons. The molecule has 2 aromatic carbocycles. The lowest BCUT2D eigenvalue weighted by Gasteiger charge is -2.21. The van der Waals surface area contributed by atoms with E-state index in [1.807, 2.05) is 0 Å². The molecule has 0 heterocycles. The van der Waals surface area contributed by atoms with E-state index < -0.39 is 16.0 Å². The molecule has 0 saturated carbocycles. The van der Waals surface area contributed by atoms with E-state index in [9.17, 15) is 18.0 Å². The van der Waals surface area contributed by atoms with Gasteiger partial charge in [-0.3, -0.25) is 4.79 Å². The van der Waals surface area contributed by atoms with Crippen LogP contribution < -0.4 is 5.32 Å². The molecule has 0 spiro atoms. The quantitative estimate of drug-likeness (QED) is 0.755. The maximum absolute atomic E-state index is 12.4. The van der Waals surface area contributed by atoms with Crippen molar-refractivity contribution in [1.29, 1.82) is 0 Å². The van der Waals surface area contributed by atoms with E-state index in [2.05, 4.69) is 5.32 Å². The van der Waals surface area contributed by atoms with Crippen LogP contribution in [0.5, 0.6) is 0 Å². The number of carbonyl (C=O) groups is 2. The van der Waals surface area contributed by atoms with Gasteiger partial charge in [-0.05, 0) is 55.8 Å². The summed E-state index contributed by atoms with van der Waals surface area (Å²) in [6, 6.07) is 11.8. The fourth-order valence-electron chi connectivity index (χ4n) is 2.27. The van der Waals surface area contributed by atoms with Crippen LogP contribution in [0.2, 0.25) is 0 Å². The molecule has 0 aliphatic rings. The maximum Gasteiger partial charge on any atom is 0.335 e. The Bertz CT molecular complexity index is 920. The van der Waals surface area contributed by atoms with Gasteiger partial charge >= 0.3 is 5.97 Å². The van der Waals surface area contributed by atoms with Crippen LogP contribution in [0.25, 0.3) is 0 Å². The minimum atomic E-state index is -3.59. The predicted octanol–water partition coefficient (Wildman–Crippen LogP) is 2.34. The third-order valence-corrected chi connectivity index (χ3v) is 6.22. The van der Waals surface area contributed by atoms with E-state index in [1.165, 1.54) is 47.8 Å². The first-order chi connectivity index (χ1) is 12.6. The van der Waals surface area contributed by atoms with Crippen molar-refractivity contribution in [2.45, 2.75) is 31.3 Å². The summed E-state index contributed by atoms with van der Waals surface area (Å²) < 4.78 is 26.1. The molecule has 0 unspecified atom stereocenters. The van der Waals surface area contributed by atoms with E-state index >= 15 is 0 Å². The van der Waals surface area contributed by atoms with Crippen LogP contribution in [0.4, 0.5) is 0 Å². The molecule has 0 atom stereocenters. The first-order valence-corrected chi connectivity index (χ1v) is 9.75. The summed E-state index contributed by atoms with van der Waals surface area (Å²) >= 11 is 0. The third kappa shape index (κ3) is 4.93. The van der Waals surface area contributed by atoms with Crippen LogP contribution in [0, 0.1) is 0 Å². The highest BCUT2D eigenvalue weighted by Gasteiger charge is 2.23. The molecule has 2 aromatic rings. The summed E-state index contributed by atoms with van der Waals surface area (Å²) in [4.78, 5) is 23.2. The molecule has 144 valence electrons. The van der Waals surface area contributed by atoms with Crippen LogP contribution in [-0.4, -0.2) is 42.8 Å². The molecule has 27 heavy (non-hydrogen) atoms. The second kappa shape index (κ2) is 8.32. The van der Waals surface area contributed by atoms with Crippen LogP contribution in [0.15, 0.2) is 53.4 Å². The third-order valence-electron chi connectivity index (χ3n) is 4.17. The summed E-state index contributed by atoms with van der Waals surface area (Å²) in [5.41, 5.74) is 1.27. The van der Waals surface area contributed by atoms with Crippen molar-refractivity contribution < 1.29 is 23.1 Å². The Kier molecular flexibility index (Phi) is 6.35. The number of carbonyl (C=O) groups excluding carboxylic acids is 1. The molecule has 8 heteroatoms. The Hall–Kier alpha value is -2.71. The zero-order chi connectivity index (χ0) is 20.2. The van der Waals surface area contributed by atoms with Crippen LogP contribution in [0.3, 0.4) is 0 Å². The Balaban J connectivity index is 2.04. The van der Waals surface area contributed by atoms with Crippen LogP contribution >= 0.6 is 0 Å². The molecule has 2 rings (SSSR count). The van der Waals surface area contributed by atoms with Gasteiger partial charge in [-0.15, -0.1) is 0 Å². The number of aromatic carboxylic acids is 1. The SMILES string of the molecule is CC(C)N(C)S(=O)(=O)c1ccc(C(=O)NCc2ccc(C(=O)O)cc2)cc1. The lowest BCUT2D eigenvalue weighted by atomic mass is 10.1. The Morgan fingerprint density at radius 2 is 1.52 bits per heavy atom. The second-order valence-corrected chi connectivity index (χ2v) is 8.32. The fraction of sp³-hybridized carbons (Fsp3) is 0.263. The van der Waals surface area contributed by atoms with Crippen molar-refractivity contribution in [1.82, 2.24) is 9.62 Å². The van der Waals surface area contributed by atoms with Crippen molar-refractivity contribution in [3.63, 3.8) is 0 Å². The largest absolute Gasteiger partial charge is 0.478 e. The Morgan fingerprint density at radius 1 is 1.00 bits per heavy atom. The summed E-state index contributed by atoms with van der Waals surface area (Å²) in [6.07, 6.45) is 0. The smallest absolute Gasteiger partial charge is 0.335 e. The van der Waals surface area contributed by atoms with E-state index in [0.717, 1.165) is 5.56 Å². The number of benzene rings is 2. The van der Waals surface area contributed by atoms with Gasteiger partial charge in [0.2, 0.25) is 10.0 Å². The van der Waals surface area contributed by atoms with Crippen molar-refractivity contribution in [2.75, 3.05) is 7.05 Å². The molecular formula is C19H22N2O5S. The summed E-state index contributed by atoms with van der Waals surface area (Å²) in [7, 11) is -2.08. The number of nitrogens with zero attached hydrogens (tertiary/aromatic N) is 1. The van der Waals surface area contributed by atoms with E-state index in [4.69, 9.17) is 5.11 Å². The molecular weight excluding hydrogens is 368 g/mol. The number of nitrogens with one attached hydrogen (secondary N) is 1. The number of rotatable bonds is 7. The van der Waals surface area contributed by atoms with Gasteiger partial charge < -0.3 is 10.4 Å². The van der Waals surface area contributed by atoms with Crippen LogP contribution in [-0.2, 0) is 16.6 Å². The van der Waals surface area contributed by atoms with Gasteiger partial charge in [-0.25, -0.2) is 13.2 Å². The molecule has 2 N–H and O–H groups in total. The van der Waals surface area contributed by atoms with Gasteiger partial charge in [-0.1, -0.05) is 12.1 Å². The molecule has 7 nitrogen and oxygen atoms in total. The number of carboxylic acids is 1. The average Bonchev–Trinajstić information content (AvgIpc) is 2.65. The van der Waals surface area contributed by atoms with Gasteiger partial charge in [0.1, 0.15) is 0 Å². The number of amides is 1. The normalized spacial score (nSPS) is 11.6. The van der Waals surface area contributed by atoms with Crippen LogP contribution in [0.1, 0.15) is 40.1 Å². The lowest BCUT2D eigenvalue weighted by molar-refractivity contribution is 0.0696. The highest BCUT2D eigenvalue weighted by molar-refractivity contribution is 7.89. The highest BCUT2D eigenvalue weighted by Crippen LogP contribution is 2.17. The van der Waals surface area contributed by atoms with Crippen molar-refractivity contribution in [2.24, 2.45) is 0 Å². The molecule has 0 saturated heterocycles. The van der Waals surface area contributed by atoms with Gasteiger partial charge in [0.25, 0.3) is 5.91 Å². The fourth-order valence-corrected chi connectivity index (χ4v) is 3.64. The molecule has 0 aliphatic carbocycles. The summed E-state index contributed by atoms with van der Waals surface area (Å²) in [6.45, 7) is 3.79. The first-order valence-electron chi connectivity index (χ1n) is 8.31. The summed E-state index contributed by atoms with van der Waals surface area (Å²) in [5.74, 6) is -1.36. The number of hydrogen-bond donors (Lipinski definition) is 2. The number of sulfonamides is 1. The first kappa shape index (κ1) is 20.6. The van der Waals surface area contributed by atoms with Gasteiger partial charge in [0, 0.05) is 25.2 Å². The summed E-state index contributed by atoms with van der Waals surface area (Å²) in [5, 5.41) is 11.6. The maximum atomic E-state index is 12.4. The molecule has 0 aliphatic heterocycles. The average molecular weight is 390 g/mol. The highest BCUT2D eigenvalue weighted by atomic mass is 32.2. The van der Waals surface area contributed by atoms with Crippen molar-refractivity contribution >= 4 is 21.9 Å². The van der Waals surface area contributed by atoms with Crippen molar-refractivity contribution in [3.05, 3.63) is 65.2 Å². The Morgan fingerprint density at radius 3 is 2.00 bits per heavy atom. The molecule has 1 amide bonds. The Labute approximate surface area is 158 Å². The van der Waals surface area contributed by atoms with Gasteiger partial charge in [-0.2, -0.15) is 4.31 Å². The predicted molar refractivity (Wildman–Crippen MR) is 101 cm³/mol. The van der Waals surface area contributed by atoms with E-state index in [1.54, 1.807) is 26.0 Å².